The van der Waals surface area contributed by atoms with E-state index < -0.39 is 0 Å². The van der Waals surface area contributed by atoms with E-state index in [0.717, 1.165) is 31.0 Å². The van der Waals surface area contributed by atoms with E-state index in [0.29, 0.717) is 0 Å². The van der Waals surface area contributed by atoms with Gasteiger partial charge in [0.2, 0.25) is 0 Å². The zero-order valence-corrected chi connectivity index (χ0v) is 17.7. The monoisotopic (exact) mass is 390 g/mol. The first kappa shape index (κ1) is 20.9. The van der Waals surface area contributed by atoms with Crippen molar-refractivity contribution in [1.29, 1.82) is 0 Å². The van der Waals surface area contributed by atoms with E-state index in [1.807, 2.05) is 26.0 Å². The second-order valence-electron chi connectivity index (χ2n) is 7.59. The van der Waals surface area contributed by atoms with Gasteiger partial charge in [-0.15, -0.1) is 0 Å². The molecule has 3 nitrogen and oxygen atoms in total. The van der Waals surface area contributed by atoms with Gasteiger partial charge in [-0.2, -0.15) is 0 Å². The van der Waals surface area contributed by atoms with Gasteiger partial charge in [-0.05, 0) is 37.6 Å². The number of nitrogens with two attached hydrogens (primary N) is 1. The van der Waals surface area contributed by atoms with Crippen LogP contribution >= 0.6 is 0 Å². The molecule has 0 aliphatic carbocycles. The Balaban J connectivity index is 1.74. The fourth-order valence-electron chi connectivity index (χ4n) is 3.67. The van der Waals surface area contributed by atoms with Gasteiger partial charge in [0.05, 0.1) is 19.8 Å². The molecule has 0 aliphatic rings. The van der Waals surface area contributed by atoms with Crippen molar-refractivity contribution in [2.45, 2.75) is 38.8 Å². The number of methoxy groups -OCH3 is 1. The fourth-order valence-corrected chi connectivity index (χ4v) is 3.67. The summed E-state index contributed by atoms with van der Waals surface area (Å²) >= 11 is 0. The van der Waals surface area contributed by atoms with E-state index in [1.165, 1.54) is 16.7 Å². The quantitative estimate of drug-likeness (QED) is 0.506. The summed E-state index contributed by atoms with van der Waals surface area (Å²) in [5.41, 5.74) is 3.89. The highest BCUT2D eigenvalue weighted by molar-refractivity contribution is 5.43. The van der Waals surface area contributed by atoms with Gasteiger partial charge in [0.1, 0.15) is 18.0 Å². The maximum atomic E-state index is 5.82. The van der Waals surface area contributed by atoms with Crippen LogP contribution in [-0.4, -0.2) is 19.8 Å². The van der Waals surface area contributed by atoms with Crippen LogP contribution in [0.4, 0.5) is 0 Å². The SMILES string of the molecule is COc1ccccc1[C@@H](CC[NH2+]Cc1ccccc1)c1ccc(OC(C)C)cc1. The highest BCUT2D eigenvalue weighted by Crippen LogP contribution is 2.34. The molecule has 0 heterocycles. The number of ether oxygens (including phenoxy) is 2. The molecule has 0 bridgehead atoms. The predicted octanol–water partition coefficient (Wildman–Crippen LogP) is 4.77. The van der Waals surface area contributed by atoms with E-state index in [4.69, 9.17) is 9.47 Å². The molecule has 2 N–H and O–H groups in total. The van der Waals surface area contributed by atoms with Crippen molar-refractivity contribution in [3.63, 3.8) is 0 Å². The molecule has 0 aliphatic heterocycles. The Morgan fingerprint density at radius 3 is 2.21 bits per heavy atom. The highest BCUT2D eigenvalue weighted by Gasteiger charge is 2.19. The lowest BCUT2D eigenvalue weighted by Crippen LogP contribution is -2.82. The lowest BCUT2D eigenvalue weighted by molar-refractivity contribution is -0.671. The summed E-state index contributed by atoms with van der Waals surface area (Å²) in [6.45, 7) is 6.14. The predicted molar refractivity (Wildman–Crippen MR) is 119 cm³/mol. The lowest BCUT2D eigenvalue weighted by atomic mass is 9.88. The molecule has 0 unspecified atom stereocenters. The van der Waals surface area contributed by atoms with Gasteiger partial charge in [-0.3, -0.25) is 0 Å². The van der Waals surface area contributed by atoms with Crippen LogP contribution in [0.15, 0.2) is 78.9 Å². The summed E-state index contributed by atoms with van der Waals surface area (Å²) in [5, 5.41) is 2.38. The largest absolute Gasteiger partial charge is 0.496 e. The van der Waals surface area contributed by atoms with Gasteiger partial charge in [-0.25, -0.2) is 0 Å². The summed E-state index contributed by atoms with van der Waals surface area (Å²) in [7, 11) is 1.75. The summed E-state index contributed by atoms with van der Waals surface area (Å²) in [6.07, 6.45) is 1.22. The molecule has 1 atom stereocenters. The minimum atomic E-state index is 0.179. The van der Waals surface area contributed by atoms with E-state index in [-0.39, 0.29) is 12.0 Å². The number of quaternary nitrogens is 1. The highest BCUT2D eigenvalue weighted by atomic mass is 16.5. The molecule has 0 radical (unpaired) electrons. The van der Waals surface area contributed by atoms with Gasteiger partial charge in [0, 0.05) is 23.5 Å². The van der Waals surface area contributed by atoms with Crippen molar-refractivity contribution in [3.05, 3.63) is 95.6 Å². The molecule has 3 aromatic carbocycles. The van der Waals surface area contributed by atoms with Gasteiger partial charge in [0.15, 0.2) is 0 Å². The van der Waals surface area contributed by atoms with Gasteiger partial charge < -0.3 is 14.8 Å². The maximum Gasteiger partial charge on any atom is 0.122 e. The Morgan fingerprint density at radius 2 is 1.52 bits per heavy atom. The molecule has 0 saturated heterocycles. The number of benzene rings is 3. The molecule has 0 amide bonds. The van der Waals surface area contributed by atoms with Gasteiger partial charge in [-0.1, -0.05) is 60.7 Å². The van der Waals surface area contributed by atoms with Crippen molar-refractivity contribution in [2.75, 3.05) is 13.7 Å². The number of rotatable bonds is 10. The molecule has 3 aromatic rings. The van der Waals surface area contributed by atoms with Gasteiger partial charge in [0.25, 0.3) is 0 Å². The minimum Gasteiger partial charge on any atom is -0.496 e. The second-order valence-corrected chi connectivity index (χ2v) is 7.59. The first-order valence-electron chi connectivity index (χ1n) is 10.4. The molecule has 0 saturated carbocycles. The van der Waals surface area contributed by atoms with Crippen molar-refractivity contribution < 1.29 is 14.8 Å². The molecule has 0 fully saturated rings. The zero-order chi connectivity index (χ0) is 20.5. The molecule has 3 heteroatoms. The number of hydrogen-bond acceptors (Lipinski definition) is 2. The first-order valence-corrected chi connectivity index (χ1v) is 10.4. The first-order chi connectivity index (χ1) is 14.2. The molecule has 0 aromatic heterocycles. The summed E-state index contributed by atoms with van der Waals surface area (Å²) < 4.78 is 11.5. The standard InChI is InChI=1S/C26H31NO2/c1-20(2)29-23-15-13-22(14-16-23)24(25-11-7-8-12-26(25)28-3)17-18-27-19-21-9-5-4-6-10-21/h4-16,20,24,27H,17-19H2,1-3H3/p+1/t24-/m0/s1. The number of hydrogen-bond donors (Lipinski definition) is 1. The topological polar surface area (TPSA) is 35.1 Å². The Labute approximate surface area is 174 Å². The molecule has 0 spiro atoms. The van der Waals surface area contributed by atoms with Crippen molar-refractivity contribution in [1.82, 2.24) is 0 Å². The van der Waals surface area contributed by atoms with Crippen molar-refractivity contribution in [2.24, 2.45) is 0 Å². The van der Waals surface area contributed by atoms with Crippen molar-refractivity contribution >= 4 is 0 Å². The van der Waals surface area contributed by atoms with E-state index in [1.54, 1.807) is 7.11 Å². The summed E-state index contributed by atoms with van der Waals surface area (Å²) in [5.74, 6) is 2.15. The molecule has 29 heavy (non-hydrogen) atoms. The molecular formula is C26H32NO2+. The lowest BCUT2D eigenvalue weighted by Gasteiger charge is -2.20. The van der Waals surface area contributed by atoms with Crippen LogP contribution in [0, 0.1) is 0 Å². The fraction of sp³-hybridized carbons (Fsp3) is 0.308. The molecule has 152 valence electrons. The average Bonchev–Trinajstić information content (AvgIpc) is 2.75. The van der Waals surface area contributed by atoms with Crippen molar-refractivity contribution in [3.8, 4) is 11.5 Å². The third-order valence-electron chi connectivity index (χ3n) is 5.05. The maximum absolute atomic E-state index is 5.82. The summed E-state index contributed by atoms with van der Waals surface area (Å²) in [6, 6.07) is 27.5. The molecule has 3 rings (SSSR count). The minimum absolute atomic E-state index is 0.179. The van der Waals surface area contributed by atoms with Crippen LogP contribution in [0.1, 0.15) is 42.9 Å². The van der Waals surface area contributed by atoms with E-state index in [9.17, 15) is 0 Å². The van der Waals surface area contributed by atoms with Gasteiger partial charge >= 0.3 is 0 Å². The summed E-state index contributed by atoms with van der Waals surface area (Å²) in [4.78, 5) is 0. The van der Waals surface area contributed by atoms with Crippen LogP contribution in [0.25, 0.3) is 0 Å². The Hall–Kier alpha value is -2.78. The van der Waals surface area contributed by atoms with Crippen LogP contribution in [0.5, 0.6) is 11.5 Å². The Kier molecular flexibility index (Phi) is 7.71. The van der Waals surface area contributed by atoms with E-state index >= 15 is 0 Å². The van der Waals surface area contributed by atoms with Crippen LogP contribution in [0.3, 0.4) is 0 Å². The Morgan fingerprint density at radius 1 is 0.828 bits per heavy atom. The third kappa shape index (κ3) is 6.10. The van der Waals surface area contributed by atoms with Crippen LogP contribution < -0.4 is 14.8 Å². The zero-order valence-electron chi connectivity index (χ0n) is 17.7. The average molecular weight is 391 g/mol. The molecular weight excluding hydrogens is 358 g/mol. The smallest absolute Gasteiger partial charge is 0.122 e. The van der Waals surface area contributed by atoms with Crippen LogP contribution in [-0.2, 0) is 6.54 Å². The van der Waals surface area contributed by atoms with E-state index in [2.05, 4.69) is 72.0 Å². The normalized spacial score (nSPS) is 12.0. The second kappa shape index (κ2) is 10.7. The Bertz CT molecular complexity index is 859. The van der Waals surface area contributed by atoms with Crippen LogP contribution in [0.2, 0.25) is 0 Å². The number of para-hydroxylation sites is 1. The third-order valence-corrected chi connectivity index (χ3v) is 5.05.